The number of rotatable bonds is 3. The molecule has 0 aromatic rings. The fourth-order valence-corrected chi connectivity index (χ4v) is 1.99. The van der Waals surface area contributed by atoms with Crippen LogP contribution in [0.4, 0.5) is 43.9 Å². The molecule has 0 N–H and O–H groups in total. The zero-order valence-corrected chi connectivity index (χ0v) is 10.5. The molecule has 0 aliphatic carbocycles. The molecule has 130 valence electrons. The molecule has 1 rings (SSSR count). The van der Waals surface area contributed by atoms with E-state index in [0.29, 0.717) is 0 Å². The van der Waals surface area contributed by atoms with Crippen LogP contribution in [0, 0.1) is 5.92 Å². The molecule has 1 amide bonds. The highest BCUT2D eigenvalue weighted by atomic mass is 19.4. The van der Waals surface area contributed by atoms with Gasteiger partial charge in [-0.3, -0.25) is 4.79 Å². The van der Waals surface area contributed by atoms with E-state index < -0.39 is 49.1 Å². The van der Waals surface area contributed by atoms with Crippen molar-refractivity contribution in [2.45, 2.75) is 37.0 Å². The minimum Gasteiger partial charge on any atom is -0.342 e. The van der Waals surface area contributed by atoms with E-state index in [9.17, 15) is 48.7 Å². The van der Waals surface area contributed by atoms with Crippen molar-refractivity contribution in [2.24, 2.45) is 5.92 Å². The highest BCUT2D eigenvalue weighted by molar-refractivity contribution is 5.81. The second-order valence-corrected chi connectivity index (χ2v) is 4.70. The Hall–Kier alpha value is -1.23. The van der Waals surface area contributed by atoms with E-state index in [1.807, 2.05) is 0 Å². The molecule has 2 nitrogen and oxygen atoms in total. The van der Waals surface area contributed by atoms with Crippen LogP contribution in [0.3, 0.4) is 0 Å². The summed E-state index contributed by atoms with van der Waals surface area (Å²) in [6.45, 7) is -0.835. The van der Waals surface area contributed by atoms with Gasteiger partial charge in [0.1, 0.15) is 0 Å². The average molecular weight is 349 g/mol. The molecule has 0 spiro atoms. The van der Waals surface area contributed by atoms with Crippen molar-refractivity contribution in [2.75, 3.05) is 13.1 Å². The first-order valence-electron chi connectivity index (χ1n) is 5.82. The van der Waals surface area contributed by atoms with Gasteiger partial charge in [0, 0.05) is 13.1 Å². The molecular weight excluding hydrogens is 340 g/mol. The predicted molar refractivity (Wildman–Crippen MR) is 51.3 cm³/mol. The van der Waals surface area contributed by atoms with Gasteiger partial charge in [0.05, 0.1) is 0 Å². The first-order chi connectivity index (χ1) is 9.64. The molecule has 1 heterocycles. The minimum atomic E-state index is -7.00. The van der Waals surface area contributed by atoms with Gasteiger partial charge in [-0.15, -0.1) is 0 Å². The molecule has 12 heteroatoms. The maximum atomic E-state index is 13.3. The van der Waals surface area contributed by atoms with Crippen molar-refractivity contribution >= 4 is 5.91 Å². The Bertz CT molecular complexity index is 420. The zero-order valence-electron chi connectivity index (χ0n) is 10.5. The summed E-state index contributed by atoms with van der Waals surface area (Å²) < 4.78 is 126. The van der Waals surface area contributed by atoms with E-state index in [2.05, 4.69) is 0 Å². The molecular formula is C10H9F10NO. The third-order valence-corrected chi connectivity index (χ3v) is 3.13. The molecule has 1 atom stereocenters. The van der Waals surface area contributed by atoms with E-state index in [1.54, 1.807) is 0 Å². The largest absolute Gasteiger partial charge is 0.459 e. The molecule has 1 aliphatic heterocycles. The molecule has 1 unspecified atom stereocenters. The predicted octanol–water partition coefficient (Wildman–Crippen LogP) is 3.62. The van der Waals surface area contributed by atoms with Crippen LogP contribution < -0.4 is 0 Å². The van der Waals surface area contributed by atoms with Crippen LogP contribution >= 0.6 is 0 Å². The maximum Gasteiger partial charge on any atom is 0.459 e. The van der Waals surface area contributed by atoms with Gasteiger partial charge < -0.3 is 4.90 Å². The summed E-state index contributed by atoms with van der Waals surface area (Å²) in [7, 11) is 0. The molecule has 0 saturated carbocycles. The van der Waals surface area contributed by atoms with Gasteiger partial charge in [-0.2, -0.15) is 43.9 Å². The number of amides is 1. The first kappa shape index (κ1) is 18.8. The van der Waals surface area contributed by atoms with E-state index in [4.69, 9.17) is 0 Å². The van der Waals surface area contributed by atoms with Crippen molar-refractivity contribution in [3.8, 4) is 0 Å². The van der Waals surface area contributed by atoms with E-state index in [0.717, 1.165) is 0 Å². The Morgan fingerprint density at radius 3 is 1.55 bits per heavy atom. The van der Waals surface area contributed by atoms with Crippen LogP contribution in [0.25, 0.3) is 0 Å². The standard InChI is InChI=1S/C10H9F10NO/c11-7(12,9(16,17)10(18,19)20)5(8(13,14)15)6(22)21-3-1-2-4-21/h5H,1-4H2. The molecule has 0 aromatic carbocycles. The van der Waals surface area contributed by atoms with Crippen LogP contribution in [0.15, 0.2) is 0 Å². The Morgan fingerprint density at radius 1 is 0.818 bits per heavy atom. The van der Waals surface area contributed by atoms with Gasteiger partial charge in [-0.25, -0.2) is 0 Å². The minimum absolute atomic E-state index is 0.136. The summed E-state index contributed by atoms with van der Waals surface area (Å²) in [6, 6.07) is 0. The third kappa shape index (κ3) is 3.09. The van der Waals surface area contributed by atoms with E-state index in [-0.39, 0.29) is 17.7 Å². The Balaban J connectivity index is 3.29. The lowest BCUT2D eigenvalue weighted by atomic mass is 9.93. The number of likely N-dealkylation sites (tertiary alicyclic amines) is 1. The topological polar surface area (TPSA) is 20.3 Å². The second kappa shape index (κ2) is 5.44. The van der Waals surface area contributed by atoms with E-state index >= 15 is 0 Å². The van der Waals surface area contributed by atoms with Gasteiger partial charge in [0.25, 0.3) is 0 Å². The molecule has 0 bridgehead atoms. The number of hydrogen-bond acceptors (Lipinski definition) is 1. The lowest BCUT2D eigenvalue weighted by Crippen LogP contribution is -2.62. The van der Waals surface area contributed by atoms with Gasteiger partial charge in [0.2, 0.25) is 11.8 Å². The molecule has 0 aromatic heterocycles. The molecule has 22 heavy (non-hydrogen) atoms. The molecule has 0 radical (unpaired) electrons. The monoisotopic (exact) mass is 349 g/mol. The lowest BCUT2D eigenvalue weighted by Gasteiger charge is -2.35. The number of halogens is 10. The van der Waals surface area contributed by atoms with Crippen molar-refractivity contribution < 1.29 is 48.7 Å². The van der Waals surface area contributed by atoms with Crippen LogP contribution in [0.5, 0.6) is 0 Å². The van der Waals surface area contributed by atoms with Crippen molar-refractivity contribution in [1.29, 1.82) is 0 Å². The Kier molecular flexibility index (Phi) is 4.66. The van der Waals surface area contributed by atoms with Crippen LogP contribution in [-0.4, -0.2) is 48.1 Å². The van der Waals surface area contributed by atoms with Gasteiger partial charge in [-0.05, 0) is 12.8 Å². The summed E-state index contributed by atoms with van der Waals surface area (Å²) in [5.41, 5.74) is 0. The summed E-state index contributed by atoms with van der Waals surface area (Å²) in [5.74, 6) is -20.9. The van der Waals surface area contributed by atoms with Crippen LogP contribution in [0.1, 0.15) is 12.8 Å². The SMILES string of the molecule is O=C(C(C(F)(F)F)C(F)(F)C(F)(F)C(F)(F)F)N1CCCC1. The Morgan fingerprint density at radius 2 is 1.23 bits per heavy atom. The maximum absolute atomic E-state index is 13.3. The van der Waals surface area contributed by atoms with Crippen molar-refractivity contribution in [1.82, 2.24) is 4.90 Å². The summed E-state index contributed by atoms with van der Waals surface area (Å²) in [6.07, 6.45) is -12.9. The summed E-state index contributed by atoms with van der Waals surface area (Å²) in [4.78, 5) is 11.6. The van der Waals surface area contributed by atoms with Crippen LogP contribution in [0.2, 0.25) is 0 Å². The highest BCUT2D eigenvalue weighted by Crippen LogP contribution is 2.54. The Labute approximate surface area is 117 Å². The number of carbonyl (C=O) groups is 1. The average Bonchev–Trinajstić information content (AvgIpc) is 2.77. The molecule has 1 fully saturated rings. The first-order valence-corrected chi connectivity index (χ1v) is 5.82. The number of alkyl halides is 10. The van der Waals surface area contributed by atoms with Gasteiger partial charge in [-0.1, -0.05) is 0 Å². The highest BCUT2D eigenvalue weighted by Gasteiger charge is 2.80. The van der Waals surface area contributed by atoms with Crippen molar-refractivity contribution in [3.63, 3.8) is 0 Å². The number of hydrogen-bond donors (Lipinski definition) is 0. The normalized spacial score (nSPS) is 19.5. The quantitative estimate of drug-likeness (QED) is 0.713. The summed E-state index contributed by atoms with van der Waals surface area (Å²) in [5, 5.41) is 0. The zero-order chi connectivity index (χ0) is 17.6. The van der Waals surface area contributed by atoms with Crippen LogP contribution in [-0.2, 0) is 4.79 Å². The van der Waals surface area contributed by atoms with Crippen molar-refractivity contribution in [3.05, 3.63) is 0 Å². The van der Waals surface area contributed by atoms with Gasteiger partial charge >= 0.3 is 24.2 Å². The second-order valence-electron chi connectivity index (χ2n) is 4.70. The fraction of sp³-hybridized carbons (Fsp3) is 0.900. The fourth-order valence-electron chi connectivity index (χ4n) is 1.99. The molecule has 1 aliphatic rings. The number of carbonyl (C=O) groups excluding carboxylic acids is 1. The smallest absolute Gasteiger partial charge is 0.342 e. The third-order valence-electron chi connectivity index (χ3n) is 3.13. The molecule has 1 saturated heterocycles. The lowest BCUT2D eigenvalue weighted by molar-refractivity contribution is -0.381. The summed E-state index contributed by atoms with van der Waals surface area (Å²) >= 11 is 0. The van der Waals surface area contributed by atoms with Gasteiger partial charge in [0.15, 0.2) is 0 Å². The number of nitrogens with zero attached hydrogens (tertiary/aromatic N) is 1. The van der Waals surface area contributed by atoms with E-state index in [1.165, 1.54) is 0 Å².